The summed E-state index contributed by atoms with van der Waals surface area (Å²) in [5, 5.41) is 9.46. The van der Waals surface area contributed by atoms with Crippen LogP contribution in [-0.4, -0.2) is 16.4 Å². The number of hydrogen-bond donors (Lipinski definition) is 1. The Bertz CT molecular complexity index is 320. The van der Waals surface area contributed by atoms with Crippen LogP contribution in [-0.2, 0) is 4.74 Å². The molecule has 3 nitrogen and oxygen atoms in total. The molecule has 0 spiro atoms. The zero-order valence-electron chi connectivity index (χ0n) is 10.4. The summed E-state index contributed by atoms with van der Waals surface area (Å²) in [6, 6.07) is 5.87. The summed E-state index contributed by atoms with van der Waals surface area (Å²) in [6.07, 6.45) is 7.19. The van der Waals surface area contributed by atoms with Crippen LogP contribution in [0.4, 0.5) is 0 Å². The molecule has 3 heteroatoms. The molecule has 1 heterocycles. The maximum Gasteiger partial charge on any atom is 0.152 e. The molecule has 0 radical (unpaired) electrons. The van der Waals surface area contributed by atoms with E-state index in [1.54, 1.807) is 13.1 Å². The zero-order chi connectivity index (χ0) is 12.1. The van der Waals surface area contributed by atoms with E-state index < -0.39 is 6.29 Å². The molecule has 1 aliphatic rings. The highest BCUT2D eigenvalue weighted by Gasteiger charge is 2.27. The Labute approximate surface area is 103 Å². The highest BCUT2D eigenvalue weighted by molar-refractivity contribution is 5.08. The third kappa shape index (κ3) is 3.51. The number of aliphatic hydroxyl groups excluding tert-OH is 1. The normalized spacial score (nSPS) is 21.1. The van der Waals surface area contributed by atoms with Crippen LogP contribution in [0, 0.1) is 5.92 Å². The first-order valence-electron chi connectivity index (χ1n) is 6.52. The lowest BCUT2D eigenvalue weighted by atomic mass is 9.84. The van der Waals surface area contributed by atoms with Gasteiger partial charge in [0.25, 0.3) is 0 Å². The molecule has 0 aromatic carbocycles. The van der Waals surface area contributed by atoms with E-state index in [4.69, 9.17) is 4.74 Å². The average Bonchev–Trinajstić information content (AvgIpc) is 2.38. The number of rotatable bonds is 4. The van der Waals surface area contributed by atoms with Crippen molar-refractivity contribution < 1.29 is 9.84 Å². The SMILES string of the molecule is CC(O)OC(c1ccccn1)C1CCCCC1. The predicted octanol–water partition coefficient (Wildman–Crippen LogP) is 3.06. The smallest absolute Gasteiger partial charge is 0.152 e. The van der Waals surface area contributed by atoms with E-state index in [1.165, 1.54) is 32.1 Å². The molecule has 17 heavy (non-hydrogen) atoms. The fourth-order valence-corrected chi connectivity index (χ4v) is 2.62. The molecule has 2 rings (SSSR count). The minimum absolute atomic E-state index is 0.0588. The van der Waals surface area contributed by atoms with Gasteiger partial charge >= 0.3 is 0 Å². The molecular weight excluding hydrogens is 214 g/mol. The first-order valence-corrected chi connectivity index (χ1v) is 6.52. The van der Waals surface area contributed by atoms with E-state index in [0.717, 1.165) is 5.69 Å². The van der Waals surface area contributed by atoms with E-state index in [0.29, 0.717) is 5.92 Å². The second-order valence-electron chi connectivity index (χ2n) is 4.81. The third-order valence-electron chi connectivity index (χ3n) is 3.40. The second kappa shape index (κ2) is 6.12. The number of aromatic nitrogens is 1. The van der Waals surface area contributed by atoms with Gasteiger partial charge in [0.05, 0.1) is 5.69 Å². The number of pyridine rings is 1. The summed E-state index contributed by atoms with van der Waals surface area (Å²) in [7, 11) is 0. The minimum atomic E-state index is -0.732. The van der Waals surface area contributed by atoms with Crippen LogP contribution in [0.15, 0.2) is 24.4 Å². The molecule has 0 amide bonds. The summed E-state index contributed by atoms with van der Waals surface area (Å²) < 4.78 is 5.67. The van der Waals surface area contributed by atoms with Gasteiger partial charge in [-0.3, -0.25) is 4.98 Å². The summed E-state index contributed by atoms with van der Waals surface area (Å²) in [5.41, 5.74) is 0.945. The Balaban J connectivity index is 2.12. The van der Waals surface area contributed by atoms with Crippen LogP contribution in [0.3, 0.4) is 0 Å². The molecule has 1 aliphatic carbocycles. The van der Waals surface area contributed by atoms with Crippen LogP contribution in [0.1, 0.15) is 50.8 Å². The molecule has 94 valence electrons. The second-order valence-corrected chi connectivity index (χ2v) is 4.81. The lowest BCUT2D eigenvalue weighted by Crippen LogP contribution is -2.23. The highest BCUT2D eigenvalue weighted by atomic mass is 16.6. The van der Waals surface area contributed by atoms with Gasteiger partial charge in [-0.15, -0.1) is 0 Å². The molecule has 0 bridgehead atoms. The summed E-state index contributed by atoms with van der Waals surface area (Å²) in [5.74, 6) is 0.494. The van der Waals surface area contributed by atoms with E-state index in [9.17, 15) is 5.11 Å². The summed E-state index contributed by atoms with van der Waals surface area (Å²) in [6.45, 7) is 1.67. The van der Waals surface area contributed by atoms with Gasteiger partial charge in [0.2, 0.25) is 0 Å². The number of hydrogen-bond acceptors (Lipinski definition) is 3. The summed E-state index contributed by atoms with van der Waals surface area (Å²) >= 11 is 0. The Morgan fingerprint density at radius 2 is 2.06 bits per heavy atom. The maximum atomic E-state index is 9.46. The van der Waals surface area contributed by atoms with Crippen LogP contribution in [0.25, 0.3) is 0 Å². The standard InChI is InChI=1S/C14H21NO2/c1-11(16)17-14(12-7-3-2-4-8-12)13-9-5-6-10-15-13/h5-6,9-12,14,16H,2-4,7-8H2,1H3. The van der Waals surface area contributed by atoms with Crippen molar-refractivity contribution in [3.63, 3.8) is 0 Å². The van der Waals surface area contributed by atoms with E-state index in [-0.39, 0.29) is 6.10 Å². The lowest BCUT2D eigenvalue weighted by molar-refractivity contribution is -0.147. The van der Waals surface area contributed by atoms with Crippen molar-refractivity contribution in [1.29, 1.82) is 0 Å². The highest BCUT2D eigenvalue weighted by Crippen LogP contribution is 2.36. The van der Waals surface area contributed by atoms with Gasteiger partial charge < -0.3 is 9.84 Å². The largest absolute Gasteiger partial charge is 0.368 e. The van der Waals surface area contributed by atoms with Crippen molar-refractivity contribution in [2.45, 2.75) is 51.4 Å². The molecular formula is C14H21NO2. The molecule has 0 aliphatic heterocycles. The first kappa shape index (κ1) is 12.5. The molecule has 1 aromatic heterocycles. The average molecular weight is 235 g/mol. The van der Waals surface area contributed by atoms with Crippen molar-refractivity contribution in [1.82, 2.24) is 4.98 Å². The molecule has 1 N–H and O–H groups in total. The van der Waals surface area contributed by atoms with Gasteiger partial charge in [-0.2, -0.15) is 0 Å². The molecule has 0 saturated heterocycles. The Morgan fingerprint density at radius 1 is 1.29 bits per heavy atom. The Hall–Kier alpha value is -0.930. The minimum Gasteiger partial charge on any atom is -0.368 e. The van der Waals surface area contributed by atoms with Gasteiger partial charge in [0.1, 0.15) is 6.10 Å². The molecule has 1 fully saturated rings. The number of ether oxygens (including phenoxy) is 1. The third-order valence-corrected chi connectivity index (χ3v) is 3.40. The lowest BCUT2D eigenvalue weighted by Gasteiger charge is -2.30. The van der Waals surface area contributed by atoms with Crippen molar-refractivity contribution >= 4 is 0 Å². The fraction of sp³-hybridized carbons (Fsp3) is 0.643. The van der Waals surface area contributed by atoms with Gasteiger partial charge in [0.15, 0.2) is 6.29 Å². The number of nitrogens with zero attached hydrogens (tertiary/aromatic N) is 1. The fourth-order valence-electron chi connectivity index (χ4n) is 2.62. The van der Waals surface area contributed by atoms with Gasteiger partial charge in [-0.1, -0.05) is 25.3 Å². The van der Waals surface area contributed by atoms with Crippen LogP contribution >= 0.6 is 0 Å². The van der Waals surface area contributed by atoms with Crippen molar-refractivity contribution in [2.75, 3.05) is 0 Å². The van der Waals surface area contributed by atoms with E-state index in [1.807, 2.05) is 18.2 Å². The van der Waals surface area contributed by atoms with Crippen molar-refractivity contribution in [2.24, 2.45) is 5.92 Å². The molecule has 1 aromatic rings. The molecule has 2 atom stereocenters. The molecule has 1 saturated carbocycles. The first-order chi connectivity index (χ1) is 8.27. The molecule has 2 unspecified atom stereocenters. The van der Waals surface area contributed by atoms with Crippen LogP contribution < -0.4 is 0 Å². The summed E-state index contributed by atoms with van der Waals surface area (Å²) in [4.78, 5) is 4.37. The van der Waals surface area contributed by atoms with E-state index >= 15 is 0 Å². The quantitative estimate of drug-likeness (QED) is 0.816. The van der Waals surface area contributed by atoms with Crippen LogP contribution in [0.5, 0.6) is 0 Å². The number of aliphatic hydroxyl groups is 1. The van der Waals surface area contributed by atoms with Gasteiger partial charge in [0, 0.05) is 6.20 Å². The van der Waals surface area contributed by atoms with Gasteiger partial charge in [-0.05, 0) is 37.8 Å². The van der Waals surface area contributed by atoms with Crippen molar-refractivity contribution in [3.8, 4) is 0 Å². The maximum absolute atomic E-state index is 9.46. The monoisotopic (exact) mass is 235 g/mol. The predicted molar refractivity (Wildman–Crippen MR) is 66.3 cm³/mol. The zero-order valence-corrected chi connectivity index (χ0v) is 10.4. The Morgan fingerprint density at radius 3 is 2.65 bits per heavy atom. The Kier molecular flexibility index (Phi) is 4.51. The topological polar surface area (TPSA) is 42.4 Å². The van der Waals surface area contributed by atoms with Gasteiger partial charge in [-0.25, -0.2) is 0 Å². The van der Waals surface area contributed by atoms with E-state index in [2.05, 4.69) is 4.98 Å². The van der Waals surface area contributed by atoms with Crippen molar-refractivity contribution in [3.05, 3.63) is 30.1 Å². The van der Waals surface area contributed by atoms with Crippen LogP contribution in [0.2, 0.25) is 0 Å².